The van der Waals surface area contributed by atoms with Gasteiger partial charge in [-0.25, -0.2) is 8.42 Å². The van der Waals surface area contributed by atoms with Crippen molar-refractivity contribution in [1.82, 2.24) is 10.2 Å². The third-order valence-electron chi connectivity index (χ3n) is 8.94. The van der Waals surface area contributed by atoms with E-state index in [1.54, 1.807) is 41.3 Å². The third-order valence-corrected chi connectivity index (χ3v) is 11.3. The zero-order valence-corrected chi connectivity index (χ0v) is 30.5. The number of ether oxygens (including phenoxy) is 1. The molecule has 1 aliphatic rings. The van der Waals surface area contributed by atoms with Crippen molar-refractivity contribution in [2.45, 2.75) is 75.9 Å². The standard InChI is InChI=1S/C39H44BrN3O5S/c1-3-48-35-22-20-34(21-23-35)43(49(46,47)36-24-18-32(40)19-25-36)28-38(44)42(27-31-15-11-10-12-29(31)2)37(26-30-13-6-4-7-14-30)39(45)41-33-16-8-5-9-17-33/h4,6-7,10-15,18-25,33,37H,3,5,8-9,16-17,26-28H2,1-2H3,(H,41,45)/t37-/m1/s1. The Bertz CT molecular complexity index is 1790. The number of sulfonamides is 1. The SMILES string of the molecule is CCOc1ccc(N(CC(=O)N(Cc2ccccc2C)[C@H](Cc2ccccc2)C(=O)NC2CCCCC2)S(=O)(=O)c2ccc(Br)cc2)cc1. The second kappa shape index (κ2) is 17.0. The third kappa shape index (κ3) is 9.51. The van der Waals surface area contributed by atoms with E-state index in [-0.39, 0.29) is 29.8 Å². The summed E-state index contributed by atoms with van der Waals surface area (Å²) >= 11 is 3.38. The molecule has 1 fully saturated rings. The van der Waals surface area contributed by atoms with Gasteiger partial charge in [-0.3, -0.25) is 13.9 Å². The van der Waals surface area contributed by atoms with Crippen LogP contribution in [0.5, 0.6) is 5.75 Å². The first-order valence-corrected chi connectivity index (χ1v) is 19.1. The lowest BCUT2D eigenvalue weighted by Crippen LogP contribution is -2.55. The molecular weight excluding hydrogens is 702 g/mol. The van der Waals surface area contributed by atoms with Gasteiger partial charge in [-0.2, -0.15) is 0 Å². The first kappa shape index (κ1) is 36.1. The van der Waals surface area contributed by atoms with Gasteiger partial charge in [-0.05, 0) is 91.9 Å². The Hall–Kier alpha value is -4.15. The minimum Gasteiger partial charge on any atom is -0.494 e. The highest BCUT2D eigenvalue weighted by Gasteiger charge is 2.35. The molecule has 0 aromatic heterocycles. The molecule has 1 aliphatic carbocycles. The molecule has 10 heteroatoms. The normalized spacial score (nSPS) is 14.1. The number of amides is 2. The second-order valence-electron chi connectivity index (χ2n) is 12.4. The first-order valence-electron chi connectivity index (χ1n) is 16.8. The Balaban J connectivity index is 1.57. The van der Waals surface area contributed by atoms with Crippen LogP contribution in [0.2, 0.25) is 0 Å². The summed E-state index contributed by atoms with van der Waals surface area (Å²) in [6.07, 6.45) is 5.31. The van der Waals surface area contributed by atoms with E-state index >= 15 is 0 Å². The van der Waals surface area contributed by atoms with E-state index in [1.807, 2.05) is 68.4 Å². The molecule has 4 aromatic carbocycles. The predicted molar refractivity (Wildman–Crippen MR) is 197 cm³/mol. The molecule has 49 heavy (non-hydrogen) atoms. The van der Waals surface area contributed by atoms with E-state index in [9.17, 15) is 18.0 Å². The maximum Gasteiger partial charge on any atom is 0.264 e. The molecule has 1 N–H and O–H groups in total. The number of hydrogen-bond acceptors (Lipinski definition) is 5. The Morgan fingerprint density at radius 3 is 2.18 bits per heavy atom. The maximum absolute atomic E-state index is 14.8. The zero-order valence-electron chi connectivity index (χ0n) is 28.1. The Kier molecular flexibility index (Phi) is 12.5. The monoisotopic (exact) mass is 745 g/mol. The smallest absolute Gasteiger partial charge is 0.264 e. The van der Waals surface area contributed by atoms with Crippen molar-refractivity contribution in [3.05, 3.63) is 124 Å². The largest absolute Gasteiger partial charge is 0.494 e. The van der Waals surface area contributed by atoms with E-state index in [1.165, 1.54) is 12.1 Å². The molecule has 258 valence electrons. The Morgan fingerprint density at radius 1 is 0.878 bits per heavy atom. The van der Waals surface area contributed by atoms with Gasteiger partial charge in [0.15, 0.2) is 0 Å². The highest BCUT2D eigenvalue weighted by atomic mass is 79.9. The summed E-state index contributed by atoms with van der Waals surface area (Å²) < 4.78 is 36.1. The Labute approximate surface area is 298 Å². The average molecular weight is 747 g/mol. The van der Waals surface area contributed by atoms with E-state index in [4.69, 9.17) is 4.74 Å². The molecule has 0 radical (unpaired) electrons. The fraction of sp³-hybridized carbons (Fsp3) is 0.333. The molecular formula is C39H44BrN3O5S. The number of hydrogen-bond donors (Lipinski definition) is 1. The summed E-state index contributed by atoms with van der Waals surface area (Å²) in [5.74, 6) is -0.138. The second-order valence-corrected chi connectivity index (χ2v) is 15.2. The summed E-state index contributed by atoms with van der Waals surface area (Å²) in [5, 5.41) is 3.26. The van der Waals surface area contributed by atoms with Crippen molar-refractivity contribution >= 4 is 43.5 Å². The van der Waals surface area contributed by atoms with Crippen LogP contribution >= 0.6 is 15.9 Å². The summed E-state index contributed by atoms with van der Waals surface area (Å²) in [7, 11) is -4.21. The number of halogens is 1. The molecule has 1 atom stereocenters. The van der Waals surface area contributed by atoms with E-state index < -0.39 is 28.5 Å². The van der Waals surface area contributed by atoms with Crippen LogP contribution in [0.3, 0.4) is 0 Å². The van der Waals surface area contributed by atoms with Crippen molar-refractivity contribution in [2.24, 2.45) is 0 Å². The molecule has 0 unspecified atom stereocenters. The van der Waals surface area contributed by atoms with Crippen LogP contribution in [0.25, 0.3) is 0 Å². The number of benzene rings is 4. The fourth-order valence-electron chi connectivity index (χ4n) is 6.21. The quantitative estimate of drug-likeness (QED) is 0.145. The van der Waals surface area contributed by atoms with Gasteiger partial charge in [0.1, 0.15) is 18.3 Å². The molecule has 1 saturated carbocycles. The van der Waals surface area contributed by atoms with Crippen LogP contribution in [-0.2, 0) is 32.6 Å². The zero-order chi connectivity index (χ0) is 34.8. The molecule has 5 rings (SSSR count). The molecule has 0 aliphatic heterocycles. The van der Waals surface area contributed by atoms with Crippen LogP contribution in [-0.4, -0.2) is 50.4 Å². The number of carbonyl (C=O) groups is 2. The average Bonchev–Trinajstić information content (AvgIpc) is 3.11. The number of nitrogens with one attached hydrogen (secondary N) is 1. The number of aryl methyl sites for hydroxylation is 1. The van der Waals surface area contributed by atoms with Crippen molar-refractivity contribution in [2.75, 3.05) is 17.5 Å². The summed E-state index contributed by atoms with van der Waals surface area (Å²) in [4.78, 5) is 30.7. The lowest BCUT2D eigenvalue weighted by atomic mass is 9.94. The van der Waals surface area contributed by atoms with Crippen LogP contribution in [0.4, 0.5) is 5.69 Å². The van der Waals surface area contributed by atoms with Crippen molar-refractivity contribution in [1.29, 1.82) is 0 Å². The lowest BCUT2D eigenvalue weighted by molar-refractivity contribution is -0.140. The van der Waals surface area contributed by atoms with Crippen LogP contribution in [0.15, 0.2) is 112 Å². The van der Waals surface area contributed by atoms with Crippen molar-refractivity contribution < 1.29 is 22.7 Å². The highest BCUT2D eigenvalue weighted by Crippen LogP contribution is 2.28. The number of rotatable bonds is 14. The van der Waals surface area contributed by atoms with Crippen LogP contribution in [0.1, 0.15) is 55.7 Å². The topological polar surface area (TPSA) is 96.0 Å². The number of nitrogens with zero attached hydrogens (tertiary/aromatic N) is 2. The molecule has 0 spiro atoms. The Morgan fingerprint density at radius 2 is 1.53 bits per heavy atom. The van der Waals surface area contributed by atoms with Gasteiger partial charge in [0.25, 0.3) is 10.0 Å². The minimum atomic E-state index is -4.21. The first-order chi connectivity index (χ1) is 23.7. The van der Waals surface area contributed by atoms with Gasteiger partial charge in [-0.1, -0.05) is 89.8 Å². The van der Waals surface area contributed by atoms with Gasteiger partial charge < -0.3 is 15.0 Å². The van der Waals surface area contributed by atoms with Gasteiger partial charge >= 0.3 is 0 Å². The molecule has 4 aromatic rings. The maximum atomic E-state index is 14.8. The van der Waals surface area contributed by atoms with Crippen LogP contribution < -0.4 is 14.4 Å². The molecule has 0 heterocycles. The van der Waals surface area contributed by atoms with Crippen molar-refractivity contribution in [3.8, 4) is 5.75 Å². The fourth-order valence-corrected chi connectivity index (χ4v) is 7.89. The van der Waals surface area contributed by atoms with Gasteiger partial charge in [0, 0.05) is 23.5 Å². The van der Waals surface area contributed by atoms with Gasteiger partial charge in [0.05, 0.1) is 17.2 Å². The number of anilines is 1. The van der Waals surface area contributed by atoms with E-state index in [0.29, 0.717) is 18.0 Å². The predicted octanol–water partition coefficient (Wildman–Crippen LogP) is 7.44. The van der Waals surface area contributed by atoms with E-state index in [0.717, 1.165) is 57.6 Å². The molecule has 0 saturated heterocycles. The van der Waals surface area contributed by atoms with Gasteiger partial charge in [0.2, 0.25) is 11.8 Å². The minimum absolute atomic E-state index is 0.0353. The highest BCUT2D eigenvalue weighted by molar-refractivity contribution is 9.10. The molecule has 8 nitrogen and oxygen atoms in total. The van der Waals surface area contributed by atoms with Crippen molar-refractivity contribution in [3.63, 3.8) is 0 Å². The molecule has 2 amide bonds. The summed E-state index contributed by atoms with van der Waals surface area (Å²) in [5.41, 5.74) is 3.06. The summed E-state index contributed by atoms with van der Waals surface area (Å²) in [6.45, 7) is 3.92. The number of carbonyl (C=O) groups excluding carboxylic acids is 2. The van der Waals surface area contributed by atoms with Crippen LogP contribution in [0, 0.1) is 6.92 Å². The van der Waals surface area contributed by atoms with Gasteiger partial charge in [-0.15, -0.1) is 0 Å². The lowest BCUT2D eigenvalue weighted by Gasteiger charge is -2.35. The summed E-state index contributed by atoms with van der Waals surface area (Å²) in [6, 6.07) is 29.5. The molecule has 0 bridgehead atoms. The van der Waals surface area contributed by atoms with E-state index in [2.05, 4.69) is 21.2 Å².